The van der Waals surface area contributed by atoms with Gasteiger partial charge in [-0.15, -0.1) is 0 Å². The van der Waals surface area contributed by atoms with Crippen LogP contribution in [-0.2, 0) is 0 Å². The molecule has 0 fully saturated rings. The topological polar surface area (TPSA) is 0 Å². The van der Waals surface area contributed by atoms with Crippen LogP contribution in [0.4, 0.5) is 0 Å². The zero-order valence-corrected chi connectivity index (χ0v) is 9.62. The summed E-state index contributed by atoms with van der Waals surface area (Å²) in [7, 11) is 16.8. The molecule has 0 radical (unpaired) electrons. The second-order valence-corrected chi connectivity index (χ2v) is 22.9. The van der Waals surface area contributed by atoms with Gasteiger partial charge in [-0.3, -0.25) is 0 Å². The third-order valence-corrected chi connectivity index (χ3v) is 5.68. The molecular formula is C4H7Cl3Sn. The normalized spacial score (nSPS) is 13.0. The Kier molecular flexibility index (Phi) is 5.01. The van der Waals surface area contributed by atoms with Crippen molar-refractivity contribution in [2.75, 3.05) is 0 Å². The van der Waals surface area contributed by atoms with Crippen LogP contribution in [0.3, 0.4) is 0 Å². The summed E-state index contributed by atoms with van der Waals surface area (Å²) in [5, 5.41) is 0. The number of hydrogen-bond acceptors (Lipinski definition) is 0. The van der Waals surface area contributed by atoms with Crippen molar-refractivity contribution in [2.45, 2.75) is 11.4 Å². The molecule has 0 saturated heterocycles. The predicted molar refractivity (Wildman–Crippen MR) is 42.9 cm³/mol. The van der Waals surface area contributed by atoms with Crippen molar-refractivity contribution in [3.05, 3.63) is 12.2 Å². The molecule has 0 spiro atoms. The van der Waals surface area contributed by atoms with E-state index >= 15 is 0 Å². The van der Waals surface area contributed by atoms with Gasteiger partial charge in [-0.2, -0.15) is 0 Å². The Balaban J connectivity index is 3.39. The molecule has 0 saturated carbocycles. The van der Waals surface area contributed by atoms with Gasteiger partial charge in [-0.25, -0.2) is 0 Å². The van der Waals surface area contributed by atoms with Crippen molar-refractivity contribution in [3.8, 4) is 0 Å². The van der Waals surface area contributed by atoms with Crippen molar-refractivity contribution in [2.24, 2.45) is 0 Å². The summed E-state index contributed by atoms with van der Waals surface area (Å²) in [6, 6.07) is 0. The monoisotopic (exact) mass is 280 g/mol. The van der Waals surface area contributed by atoms with Crippen molar-refractivity contribution >= 4 is 41.8 Å². The standard InChI is InChI=1S/C4H7.3ClH.Sn/c1-3-4-2;;;;/h3-4H,1H2,2H3;3*1H;/q;;;;+3/p-3/b4-3+;;;;. The van der Waals surface area contributed by atoms with Gasteiger partial charge in [0.15, 0.2) is 0 Å². The van der Waals surface area contributed by atoms with Crippen molar-refractivity contribution < 1.29 is 0 Å². The molecule has 0 aromatic heterocycles. The molecule has 0 aliphatic heterocycles. The van der Waals surface area contributed by atoms with Gasteiger partial charge in [0.25, 0.3) is 0 Å². The molecular weight excluding hydrogens is 273 g/mol. The predicted octanol–water partition coefficient (Wildman–Crippen LogP) is 3.22. The first-order valence-electron chi connectivity index (χ1n) is 2.24. The van der Waals surface area contributed by atoms with Gasteiger partial charge in [0.2, 0.25) is 0 Å². The fourth-order valence-corrected chi connectivity index (χ4v) is 3.48. The van der Waals surface area contributed by atoms with Gasteiger partial charge in [-0.05, 0) is 0 Å². The average Bonchev–Trinajstić information content (AvgIpc) is 1.59. The van der Waals surface area contributed by atoms with E-state index in [-0.39, 0.29) is 0 Å². The minimum atomic E-state index is -2.98. The molecule has 0 rings (SSSR count). The molecule has 0 aromatic rings. The van der Waals surface area contributed by atoms with Crippen LogP contribution in [0.5, 0.6) is 0 Å². The van der Waals surface area contributed by atoms with Crippen molar-refractivity contribution in [1.82, 2.24) is 0 Å². The molecule has 0 N–H and O–H groups in total. The number of halogens is 3. The Bertz CT molecular complexity index is 83.8. The molecule has 0 aliphatic carbocycles. The van der Waals surface area contributed by atoms with Crippen LogP contribution in [0.1, 0.15) is 6.92 Å². The van der Waals surface area contributed by atoms with Gasteiger partial charge < -0.3 is 0 Å². The second kappa shape index (κ2) is 4.26. The summed E-state index contributed by atoms with van der Waals surface area (Å²) in [5.74, 6) is 0. The van der Waals surface area contributed by atoms with E-state index < -0.39 is 15.0 Å². The third-order valence-electron chi connectivity index (χ3n) is 0.585. The van der Waals surface area contributed by atoms with Crippen LogP contribution in [0.15, 0.2) is 12.2 Å². The summed E-state index contributed by atoms with van der Waals surface area (Å²) < 4.78 is 0.690. The van der Waals surface area contributed by atoms with Gasteiger partial charge >= 0.3 is 65.3 Å². The zero-order valence-electron chi connectivity index (χ0n) is 4.50. The maximum absolute atomic E-state index is 5.60. The first-order chi connectivity index (χ1) is 3.56. The summed E-state index contributed by atoms with van der Waals surface area (Å²) in [4.78, 5) is 0. The van der Waals surface area contributed by atoms with E-state index in [4.69, 9.17) is 26.8 Å². The summed E-state index contributed by atoms with van der Waals surface area (Å²) in [6.45, 7) is 1.92. The van der Waals surface area contributed by atoms with Gasteiger partial charge in [0, 0.05) is 0 Å². The first kappa shape index (κ1) is 9.41. The molecule has 0 heterocycles. The number of hydrogen-bond donors (Lipinski definition) is 0. The molecule has 0 bridgehead atoms. The van der Waals surface area contributed by atoms with Crippen LogP contribution in [0.2, 0.25) is 4.44 Å². The van der Waals surface area contributed by atoms with Crippen LogP contribution >= 0.6 is 26.8 Å². The molecule has 0 aliphatic rings. The molecule has 0 amide bonds. The third kappa shape index (κ3) is 7.41. The molecule has 48 valence electrons. The quantitative estimate of drug-likeness (QED) is 0.538. The summed E-state index contributed by atoms with van der Waals surface area (Å²) in [5.41, 5.74) is 0. The minimum absolute atomic E-state index is 0.690. The zero-order chi connectivity index (χ0) is 6.62. The summed E-state index contributed by atoms with van der Waals surface area (Å²) in [6.07, 6.45) is 3.81. The Morgan fingerprint density at radius 3 is 2.00 bits per heavy atom. The molecule has 8 heavy (non-hydrogen) atoms. The molecule has 0 atom stereocenters. The van der Waals surface area contributed by atoms with Crippen molar-refractivity contribution in [3.63, 3.8) is 0 Å². The molecule has 0 unspecified atom stereocenters. The van der Waals surface area contributed by atoms with E-state index in [1.165, 1.54) is 0 Å². The van der Waals surface area contributed by atoms with E-state index in [1.54, 1.807) is 0 Å². The van der Waals surface area contributed by atoms with E-state index in [1.807, 2.05) is 19.1 Å². The van der Waals surface area contributed by atoms with E-state index in [0.29, 0.717) is 4.44 Å². The number of rotatable bonds is 2. The Morgan fingerprint density at radius 1 is 1.38 bits per heavy atom. The fraction of sp³-hybridized carbons (Fsp3) is 0.500. The Hall–Kier alpha value is 1.41. The van der Waals surface area contributed by atoms with Crippen LogP contribution in [0.25, 0.3) is 0 Å². The Labute approximate surface area is 64.8 Å². The first-order valence-corrected chi connectivity index (χ1v) is 15.1. The second-order valence-electron chi connectivity index (χ2n) is 1.39. The summed E-state index contributed by atoms with van der Waals surface area (Å²) >= 11 is -2.98. The fourth-order valence-electron chi connectivity index (χ4n) is 0.251. The van der Waals surface area contributed by atoms with Gasteiger partial charge in [0.05, 0.1) is 0 Å². The molecule has 4 heteroatoms. The maximum atomic E-state index is 5.60. The SMILES string of the molecule is C/C=C/[CH2][Sn]([Cl])([Cl])[Cl]. The van der Waals surface area contributed by atoms with Gasteiger partial charge in [-0.1, -0.05) is 0 Å². The van der Waals surface area contributed by atoms with E-state index in [9.17, 15) is 0 Å². The Morgan fingerprint density at radius 2 is 1.88 bits per heavy atom. The average molecular weight is 280 g/mol. The van der Waals surface area contributed by atoms with E-state index in [2.05, 4.69) is 0 Å². The molecule has 0 aromatic carbocycles. The number of allylic oxidation sites excluding steroid dienone is 2. The van der Waals surface area contributed by atoms with Crippen LogP contribution < -0.4 is 0 Å². The van der Waals surface area contributed by atoms with E-state index in [0.717, 1.165) is 0 Å². The van der Waals surface area contributed by atoms with Crippen LogP contribution in [0, 0.1) is 0 Å². The van der Waals surface area contributed by atoms with Crippen molar-refractivity contribution in [1.29, 1.82) is 0 Å². The van der Waals surface area contributed by atoms with Gasteiger partial charge in [0.1, 0.15) is 0 Å². The van der Waals surface area contributed by atoms with Crippen LogP contribution in [-0.4, -0.2) is 15.0 Å². The molecule has 0 nitrogen and oxygen atoms in total.